The Labute approximate surface area is 120 Å². The summed E-state index contributed by atoms with van der Waals surface area (Å²) < 4.78 is 5.21. The molecule has 1 aliphatic carbocycles. The summed E-state index contributed by atoms with van der Waals surface area (Å²) in [6.45, 7) is 0. The zero-order valence-corrected chi connectivity index (χ0v) is 11.9. The summed E-state index contributed by atoms with van der Waals surface area (Å²) in [4.78, 5) is 0. The van der Waals surface area contributed by atoms with Crippen LogP contribution in [0.15, 0.2) is 18.2 Å². The van der Waals surface area contributed by atoms with E-state index in [0.29, 0.717) is 11.3 Å². The molecule has 1 fully saturated rings. The van der Waals surface area contributed by atoms with Gasteiger partial charge in [-0.1, -0.05) is 18.9 Å². The Kier molecular flexibility index (Phi) is 5.91. The van der Waals surface area contributed by atoms with Crippen LogP contribution in [0.1, 0.15) is 37.3 Å². The van der Waals surface area contributed by atoms with Crippen molar-refractivity contribution in [3.05, 3.63) is 23.8 Å². The highest BCUT2D eigenvalue weighted by Gasteiger charge is 2.31. The van der Waals surface area contributed by atoms with Crippen molar-refractivity contribution >= 4 is 12.4 Å². The van der Waals surface area contributed by atoms with E-state index in [9.17, 15) is 10.2 Å². The molecule has 0 saturated heterocycles. The smallest absolute Gasteiger partial charge is 0.127 e. The van der Waals surface area contributed by atoms with Crippen LogP contribution in [-0.2, 0) is 0 Å². The molecule has 2 rings (SSSR count). The highest BCUT2D eigenvalue weighted by Crippen LogP contribution is 2.38. The first-order valence-electron chi connectivity index (χ1n) is 6.44. The maximum absolute atomic E-state index is 10.3. The number of ether oxygens (including phenoxy) is 1. The molecule has 5 heteroatoms. The Balaban J connectivity index is 0.00000180. The van der Waals surface area contributed by atoms with Crippen LogP contribution < -0.4 is 10.5 Å². The van der Waals surface area contributed by atoms with Crippen molar-refractivity contribution in [1.82, 2.24) is 0 Å². The molecule has 1 saturated carbocycles. The van der Waals surface area contributed by atoms with E-state index in [4.69, 9.17) is 10.5 Å². The van der Waals surface area contributed by atoms with Crippen molar-refractivity contribution in [2.75, 3.05) is 7.11 Å². The van der Waals surface area contributed by atoms with Gasteiger partial charge in [0.2, 0.25) is 0 Å². The van der Waals surface area contributed by atoms with E-state index >= 15 is 0 Å². The molecular formula is C14H22ClNO3. The summed E-state index contributed by atoms with van der Waals surface area (Å²) in [6.07, 6.45) is 3.67. The highest BCUT2D eigenvalue weighted by atomic mass is 35.5. The van der Waals surface area contributed by atoms with Crippen molar-refractivity contribution in [2.45, 2.75) is 37.8 Å². The molecule has 0 aromatic heterocycles. The molecular weight excluding hydrogens is 266 g/mol. The maximum Gasteiger partial charge on any atom is 0.127 e. The lowest BCUT2D eigenvalue weighted by molar-refractivity contribution is 0.0827. The molecule has 0 heterocycles. The number of phenols is 1. The minimum atomic E-state index is -0.630. The molecule has 0 aliphatic heterocycles. The number of phenolic OH excluding ortho intramolecular Hbond substituents is 1. The van der Waals surface area contributed by atoms with Gasteiger partial charge in [0, 0.05) is 0 Å². The van der Waals surface area contributed by atoms with Crippen molar-refractivity contribution in [2.24, 2.45) is 11.7 Å². The van der Waals surface area contributed by atoms with Crippen molar-refractivity contribution in [3.8, 4) is 11.5 Å². The predicted octanol–water partition coefficient (Wildman–Crippen LogP) is 2.37. The number of aliphatic hydroxyl groups is 1. The molecule has 0 amide bonds. The van der Waals surface area contributed by atoms with Crippen LogP contribution in [0, 0.1) is 5.92 Å². The van der Waals surface area contributed by atoms with E-state index < -0.39 is 12.1 Å². The SMILES string of the molecule is COc1cccc(O)c1[C@@H](N)[C@@H](O)C1CCCC1.Cl. The third-order valence-corrected chi connectivity index (χ3v) is 3.85. The van der Waals surface area contributed by atoms with Crippen molar-refractivity contribution in [3.63, 3.8) is 0 Å². The molecule has 0 radical (unpaired) electrons. The van der Waals surface area contributed by atoms with Crippen LogP contribution in [0.2, 0.25) is 0 Å². The zero-order chi connectivity index (χ0) is 13.1. The van der Waals surface area contributed by atoms with Gasteiger partial charge in [0.25, 0.3) is 0 Å². The lowest BCUT2D eigenvalue weighted by atomic mass is 9.90. The molecule has 0 bridgehead atoms. The van der Waals surface area contributed by atoms with Gasteiger partial charge in [-0.15, -0.1) is 12.4 Å². The molecule has 0 unspecified atom stereocenters. The van der Waals surface area contributed by atoms with Gasteiger partial charge in [-0.3, -0.25) is 0 Å². The summed E-state index contributed by atoms with van der Waals surface area (Å²) in [7, 11) is 1.53. The monoisotopic (exact) mass is 287 g/mol. The van der Waals surface area contributed by atoms with Gasteiger partial charge in [-0.05, 0) is 30.9 Å². The summed E-state index contributed by atoms with van der Waals surface area (Å²) >= 11 is 0. The van der Waals surface area contributed by atoms with Gasteiger partial charge in [0.1, 0.15) is 11.5 Å². The second kappa shape index (κ2) is 6.98. The Hall–Kier alpha value is -0.970. The minimum absolute atomic E-state index is 0. The average Bonchev–Trinajstić information content (AvgIpc) is 2.90. The fraction of sp³-hybridized carbons (Fsp3) is 0.571. The van der Waals surface area contributed by atoms with Gasteiger partial charge in [0.05, 0.1) is 24.8 Å². The molecule has 108 valence electrons. The first-order chi connectivity index (χ1) is 8.65. The first kappa shape index (κ1) is 16.1. The fourth-order valence-corrected chi connectivity index (χ4v) is 2.81. The van der Waals surface area contributed by atoms with Gasteiger partial charge >= 0.3 is 0 Å². The lowest BCUT2D eigenvalue weighted by Gasteiger charge is -2.26. The summed E-state index contributed by atoms with van der Waals surface area (Å²) in [5.74, 6) is 0.836. The first-order valence-corrected chi connectivity index (χ1v) is 6.44. The number of nitrogens with two attached hydrogens (primary N) is 1. The van der Waals surface area contributed by atoms with E-state index in [1.807, 2.05) is 0 Å². The number of halogens is 1. The Morgan fingerprint density at radius 2 is 1.95 bits per heavy atom. The van der Waals surface area contributed by atoms with E-state index in [1.54, 1.807) is 18.2 Å². The molecule has 19 heavy (non-hydrogen) atoms. The number of aliphatic hydroxyl groups excluding tert-OH is 1. The minimum Gasteiger partial charge on any atom is -0.507 e. The van der Waals surface area contributed by atoms with Crippen LogP contribution >= 0.6 is 12.4 Å². The van der Waals surface area contributed by atoms with Gasteiger partial charge < -0.3 is 20.7 Å². The Morgan fingerprint density at radius 3 is 2.53 bits per heavy atom. The molecule has 4 nitrogen and oxygen atoms in total. The number of methoxy groups -OCH3 is 1. The maximum atomic E-state index is 10.3. The fourth-order valence-electron chi connectivity index (χ4n) is 2.81. The summed E-state index contributed by atoms with van der Waals surface area (Å²) in [5.41, 5.74) is 6.60. The quantitative estimate of drug-likeness (QED) is 0.795. The lowest BCUT2D eigenvalue weighted by Crippen LogP contribution is -2.32. The molecule has 1 aliphatic rings. The molecule has 4 N–H and O–H groups in total. The third kappa shape index (κ3) is 3.32. The second-order valence-electron chi connectivity index (χ2n) is 4.95. The molecule has 2 atom stereocenters. The van der Waals surface area contributed by atoms with Crippen LogP contribution in [0.5, 0.6) is 11.5 Å². The zero-order valence-electron chi connectivity index (χ0n) is 11.1. The number of rotatable bonds is 4. The topological polar surface area (TPSA) is 75.7 Å². The summed E-state index contributed by atoms with van der Waals surface area (Å²) in [6, 6.07) is 4.41. The van der Waals surface area contributed by atoms with E-state index in [0.717, 1.165) is 25.7 Å². The van der Waals surface area contributed by atoms with E-state index in [-0.39, 0.29) is 24.1 Å². The normalized spacial score (nSPS) is 18.7. The molecule has 0 spiro atoms. The highest BCUT2D eigenvalue weighted by molar-refractivity contribution is 5.85. The van der Waals surface area contributed by atoms with Gasteiger partial charge in [-0.25, -0.2) is 0 Å². The third-order valence-electron chi connectivity index (χ3n) is 3.85. The van der Waals surface area contributed by atoms with E-state index in [2.05, 4.69) is 0 Å². The van der Waals surface area contributed by atoms with Crippen LogP contribution in [0.25, 0.3) is 0 Å². The Bertz CT molecular complexity index is 408. The largest absolute Gasteiger partial charge is 0.507 e. The van der Waals surface area contributed by atoms with Crippen LogP contribution in [0.3, 0.4) is 0 Å². The van der Waals surface area contributed by atoms with E-state index in [1.165, 1.54) is 7.11 Å². The van der Waals surface area contributed by atoms with Gasteiger partial charge in [-0.2, -0.15) is 0 Å². The average molecular weight is 288 g/mol. The Morgan fingerprint density at radius 1 is 1.32 bits per heavy atom. The van der Waals surface area contributed by atoms with Crippen molar-refractivity contribution in [1.29, 1.82) is 0 Å². The number of benzene rings is 1. The standard InChI is InChI=1S/C14H21NO3.ClH/c1-18-11-8-4-7-10(16)12(11)13(15)14(17)9-5-2-3-6-9;/h4,7-9,13-14,16-17H,2-3,5-6,15H2,1H3;1H/t13-,14+;/m1./s1. The van der Waals surface area contributed by atoms with Crippen LogP contribution in [0.4, 0.5) is 0 Å². The van der Waals surface area contributed by atoms with Crippen molar-refractivity contribution < 1.29 is 14.9 Å². The number of hydrogen-bond acceptors (Lipinski definition) is 4. The predicted molar refractivity (Wildman–Crippen MR) is 76.8 cm³/mol. The summed E-state index contributed by atoms with van der Waals surface area (Å²) in [5, 5.41) is 20.2. The second-order valence-corrected chi connectivity index (χ2v) is 4.95. The molecule has 1 aromatic carbocycles. The number of aromatic hydroxyl groups is 1. The number of hydrogen-bond donors (Lipinski definition) is 3. The van der Waals surface area contributed by atoms with Crippen LogP contribution in [-0.4, -0.2) is 23.4 Å². The molecule has 1 aromatic rings. The van der Waals surface area contributed by atoms with Gasteiger partial charge in [0.15, 0.2) is 0 Å².